The van der Waals surface area contributed by atoms with Crippen LogP contribution in [-0.2, 0) is 10.7 Å². The van der Waals surface area contributed by atoms with Gasteiger partial charge in [0, 0.05) is 12.2 Å². The maximum Gasteiger partial charge on any atom is 0.139 e. The van der Waals surface area contributed by atoms with Gasteiger partial charge in [-0.2, -0.15) is 5.26 Å². The van der Waals surface area contributed by atoms with Crippen molar-refractivity contribution in [2.24, 2.45) is 5.92 Å². The zero-order chi connectivity index (χ0) is 9.28. The molecule has 0 aromatic carbocycles. The summed E-state index contributed by atoms with van der Waals surface area (Å²) in [7, 11) is -2.10. The standard InChI is InChI=1S/C5H9N.C2H6O2S/c1-5(2)3-4-6;1-2-5(3)4/h5H,3H2,1-2H3;5H,2H2,1H3. The molecule has 0 unspecified atom stereocenters. The van der Waals surface area contributed by atoms with Crippen LogP contribution in [0.5, 0.6) is 0 Å². The van der Waals surface area contributed by atoms with Crippen molar-refractivity contribution in [1.82, 2.24) is 0 Å². The lowest BCUT2D eigenvalue weighted by molar-refractivity contribution is 0.615. The summed E-state index contributed by atoms with van der Waals surface area (Å²) in [6.07, 6.45) is 0.681. The van der Waals surface area contributed by atoms with E-state index in [9.17, 15) is 8.42 Å². The van der Waals surface area contributed by atoms with Crippen molar-refractivity contribution in [2.45, 2.75) is 27.2 Å². The summed E-state index contributed by atoms with van der Waals surface area (Å²) in [5.74, 6) is 0.796. The third kappa shape index (κ3) is 26.5. The van der Waals surface area contributed by atoms with Crippen LogP contribution >= 0.6 is 0 Å². The van der Waals surface area contributed by atoms with E-state index in [1.807, 2.05) is 13.8 Å². The first-order valence-electron chi connectivity index (χ1n) is 3.53. The Balaban J connectivity index is 0. The largest absolute Gasteiger partial charge is 0.232 e. The quantitative estimate of drug-likeness (QED) is 0.644. The normalized spacial score (nSPS) is 8.73. The molecule has 0 aliphatic heterocycles. The van der Waals surface area contributed by atoms with Gasteiger partial charge in [-0.05, 0) is 5.92 Å². The van der Waals surface area contributed by atoms with Gasteiger partial charge in [-0.25, -0.2) is 8.42 Å². The molecule has 0 bridgehead atoms. The summed E-state index contributed by atoms with van der Waals surface area (Å²) < 4.78 is 18.8. The van der Waals surface area contributed by atoms with Crippen molar-refractivity contribution in [1.29, 1.82) is 5.26 Å². The van der Waals surface area contributed by atoms with Crippen LogP contribution in [0, 0.1) is 17.2 Å². The molecule has 0 aromatic rings. The average Bonchev–Trinajstić information content (AvgIpc) is 1.89. The van der Waals surface area contributed by atoms with Gasteiger partial charge in [0.2, 0.25) is 0 Å². The molecule has 0 rings (SSSR count). The number of hydrogen-bond donors (Lipinski definition) is 1. The van der Waals surface area contributed by atoms with E-state index in [0.29, 0.717) is 12.3 Å². The predicted molar refractivity (Wildman–Crippen MR) is 45.9 cm³/mol. The van der Waals surface area contributed by atoms with Crippen molar-refractivity contribution in [2.75, 3.05) is 5.75 Å². The maximum absolute atomic E-state index is 9.41. The van der Waals surface area contributed by atoms with Crippen LogP contribution in [0.3, 0.4) is 0 Å². The summed E-state index contributed by atoms with van der Waals surface area (Å²) in [4.78, 5) is 0. The van der Waals surface area contributed by atoms with E-state index >= 15 is 0 Å². The van der Waals surface area contributed by atoms with E-state index in [0.717, 1.165) is 0 Å². The van der Waals surface area contributed by atoms with Crippen LogP contribution in [0.25, 0.3) is 0 Å². The highest BCUT2D eigenvalue weighted by molar-refractivity contribution is 7.72. The van der Waals surface area contributed by atoms with E-state index < -0.39 is 10.7 Å². The van der Waals surface area contributed by atoms with Crippen molar-refractivity contribution >= 4 is 10.7 Å². The molecule has 0 spiro atoms. The van der Waals surface area contributed by atoms with Gasteiger partial charge in [0.25, 0.3) is 0 Å². The molecule has 0 saturated heterocycles. The molecular formula is C7H15NO2S. The lowest BCUT2D eigenvalue weighted by Crippen LogP contribution is -1.79. The van der Waals surface area contributed by atoms with Gasteiger partial charge in [-0.15, -0.1) is 0 Å². The van der Waals surface area contributed by atoms with Crippen molar-refractivity contribution < 1.29 is 8.42 Å². The van der Waals surface area contributed by atoms with Crippen LogP contribution in [0.4, 0.5) is 0 Å². The second-order valence-corrected chi connectivity index (χ2v) is 3.70. The van der Waals surface area contributed by atoms with Gasteiger partial charge >= 0.3 is 0 Å². The minimum Gasteiger partial charge on any atom is -0.232 e. The van der Waals surface area contributed by atoms with E-state index in [2.05, 4.69) is 6.07 Å². The van der Waals surface area contributed by atoms with E-state index in [1.54, 1.807) is 6.92 Å². The highest BCUT2D eigenvalue weighted by Crippen LogP contribution is 1.94. The molecule has 0 fully saturated rings. The fourth-order valence-corrected chi connectivity index (χ4v) is 0.183. The molecule has 0 aliphatic rings. The van der Waals surface area contributed by atoms with Gasteiger partial charge < -0.3 is 0 Å². The number of hydrogen-bond acceptors (Lipinski definition) is 3. The Bertz CT molecular complexity index is 171. The molecule has 11 heavy (non-hydrogen) atoms. The molecular weight excluding hydrogens is 162 g/mol. The summed E-state index contributed by atoms with van der Waals surface area (Å²) in [6, 6.07) is 2.07. The molecule has 0 aromatic heterocycles. The first kappa shape index (κ1) is 13.1. The summed E-state index contributed by atoms with van der Waals surface area (Å²) in [6.45, 7) is 5.66. The number of nitrogens with zero attached hydrogens (tertiary/aromatic N) is 1. The molecule has 0 radical (unpaired) electrons. The third-order valence-electron chi connectivity index (χ3n) is 0.758. The summed E-state index contributed by atoms with van der Waals surface area (Å²) in [5.41, 5.74) is 0. The fraction of sp³-hybridized carbons (Fsp3) is 0.857. The minimum atomic E-state index is -2.10. The van der Waals surface area contributed by atoms with Crippen molar-refractivity contribution in [3.05, 3.63) is 0 Å². The van der Waals surface area contributed by atoms with Crippen LogP contribution in [-0.4, -0.2) is 14.2 Å². The second-order valence-electron chi connectivity index (χ2n) is 2.41. The average molecular weight is 177 g/mol. The maximum atomic E-state index is 9.41. The molecule has 3 nitrogen and oxygen atoms in total. The van der Waals surface area contributed by atoms with E-state index in [4.69, 9.17) is 5.26 Å². The van der Waals surface area contributed by atoms with Crippen LogP contribution < -0.4 is 0 Å². The van der Waals surface area contributed by atoms with Crippen LogP contribution in [0.1, 0.15) is 27.2 Å². The Labute approximate surface area is 70.0 Å². The van der Waals surface area contributed by atoms with Gasteiger partial charge in [-0.1, -0.05) is 20.8 Å². The molecule has 4 heteroatoms. The summed E-state index contributed by atoms with van der Waals surface area (Å²) in [5, 5.41) is 7.99. The number of rotatable bonds is 2. The number of thiol groups is 1. The van der Waals surface area contributed by atoms with E-state index in [-0.39, 0.29) is 5.75 Å². The highest BCUT2D eigenvalue weighted by Gasteiger charge is 1.85. The van der Waals surface area contributed by atoms with Crippen molar-refractivity contribution in [3.63, 3.8) is 0 Å². The fourth-order valence-electron chi connectivity index (χ4n) is 0.183. The molecule has 0 amide bonds. The summed E-state index contributed by atoms with van der Waals surface area (Å²) >= 11 is 0. The molecule has 66 valence electrons. The lowest BCUT2D eigenvalue weighted by atomic mass is 10.2. The van der Waals surface area contributed by atoms with Gasteiger partial charge in [-0.3, -0.25) is 0 Å². The van der Waals surface area contributed by atoms with Crippen LogP contribution in [0.2, 0.25) is 0 Å². The monoisotopic (exact) mass is 177 g/mol. The zero-order valence-corrected chi connectivity index (χ0v) is 8.10. The Morgan fingerprint density at radius 1 is 1.45 bits per heavy atom. The minimum absolute atomic E-state index is 0.259. The van der Waals surface area contributed by atoms with Crippen molar-refractivity contribution in [3.8, 4) is 6.07 Å². The Morgan fingerprint density at radius 2 is 1.82 bits per heavy atom. The third-order valence-corrected chi connectivity index (χ3v) is 1.27. The lowest BCUT2D eigenvalue weighted by Gasteiger charge is -1.88. The van der Waals surface area contributed by atoms with Gasteiger partial charge in [0.15, 0.2) is 0 Å². The van der Waals surface area contributed by atoms with Gasteiger partial charge in [0.05, 0.1) is 6.07 Å². The van der Waals surface area contributed by atoms with Crippen LogP contribution in [0.15, 0.2) is 0 Å². The molecule has 0 heterocycles. The zero-order valence-electron chi connectivity index (χ0n) is 7.20. The topological polar surface area (TPSA) is 57.9 Å². The predicted octanol–water partition coefficient (Wildman–Crippen LogP) is 1.17. The first-order valence-corrected chi connectivity index (χ1v) is 4.89. The Hall–Kier alpha value is -0.560. The Morgan fingerprint density at radius 3 is 1.82 bits per heavy atom. The smallest absolute Gasteiger partial charge is 0.139 e. The Kier molecular flexibility index (Phi) is 11.2. The molecule has 0 N–H and O–H groups in total. The number of nitriles is 1. The first-order chi connectivity index (χ1) is 5.04. The highest BCUT2D eigenvalue weighted by atomic mass is 32.2. The second kappa shape index (κ2) is 9.44. The van der Waals surface area contributed by atoms with E-state index in [1.165, 1.54) is 0 Å². The molecule has 0 atom stereocenters. The SMILES string of the molecule is CC(C)CC#N.CC[SH](=O)=O. The molecule has 0 aliphatic carbocycles. The van der Waals surface area contributed by atoms with Gasteiger partial charge in [0.1, 0.15) is 10.7 Å². The molecule has 0 saturated carbocycles.